The Bertz CT molecular complexity index is 393. The molecular weight excluding hydrogens is 208 g/mol. The highest BCUT2D eigenvalue weighted by Crippen LogP contribution is 2.25. The Morgan fingerprint density at radius 1 is 1.64 bits per heavy atom. The van der Waals surface area contributed by atoms with Crippen LogP contribution >= 0.6 is 11.6 Å². The van der Waals surface area contributed by atoms with Gasteiger partial charge in [0.05, 0.1) is 18.0 Å². The van der Waals surface area contributed by atoms with Gasteiger partial charge in [-0.15, -0.1) is 0 Å². The molecule has 1 aromatic rings. The molecule has 6 heteroatoms. The number of aromatic nitrogens is 1. The quantitative estimate of drug-likeness (QED) is 0.636. The summed E-state index contributed by atoms with van der Waals surface area (Å²) in [6.07, 6.45) is 0. The van der Waals surface area contributed by atoms with Crippen molar-refractivity contribution in [2.75, 3.05) is 5.73 Å². The highest BCUT2D eigenvalue weighted by Gasteiger charge is 2.19. The van der Waals surface area contributed by atoms with Crippen LogP contribution in [-0.2, 0) is 6.61 Å². The van der Waals surface area contributed by atoms with Gasteiger partial charge in [0.1, 0.15) is 10.7 Å². The van der Waals surface area contributed by atoms with E-state index in [0.29, 0.717) is 5.69 Å². The minimum absolute atomic E-state index is 0.106. The fraction of sp³-hybridized carbons (Fsp3) is 0.250. The van der Waals surface area contributed by atoms with Crippen LogP contribution in [0.1, 0.15) is 21.6 Å². The molecule has 0 spiro atoms. The molecule has 0 saturated carbocycles. The van der Waals surface area contributed by atoms with E-state index in [9.17, 15) is 4.79 Å². The molecule has 4 N–H and O–H groups in total. The van der Waals surface area contributed by atoms with Crippen LogP contribution in [0.25, 0.3) is 0 Å². The summed E-state index contributed by atoms with van der Waals surface area (Å²) in [5.74, 6) is -1.25. The zero-order valence-electron chi connectivity index (χ0n) is 7.41. The number of carbonyl (C=O) groups is 1. The number of aliphatic hydroxyl groups is 1. The maximum Gasteiger partial charge on any atom is 0.339 e. The number of pyridine rings is 1. The topological polar surface area (TPSA) is 96.4 Å². The summed E-state index contributed by atoms with van der Waals surface area (Å²) in [5, 5.41) is 17.6. The van der Waals surface area contributed by atoms with Crippen LogP contribution in [0.3, 0.4) is 0 Å². The number of aliphatic hydroxyl groups excluding tert-OH is 1. The molecule has 1 rings (SSSR count). The lowest BCUT2D eigenvalue weighted by Gasteiger charge is -2.10. The molecule has 0 amide bonds. The Labute approximate surface area is 85.1 Å². The van der Waals surface area contributed by atoms with Crippen molar-refractivity contribution in [1.29, 1.82) is 0 Å². The lowest BCUT2D eigenvalue weighted by Crippen LogP contribution is -2.10. The third kappa shape index (κ3) is 1.64. The summed E-state index contributed by atoms with van der Waals surface area (Å²) >= 11 is 5.62. The van der Waals surface area contributed by atoms with Crippen LogP contribution in [0.2, 0.25) is 5.15 Å². The molecule has 0 atom stereocenters. The first-order valence-corrected chi connectivity index (χ1v) is 4.15. The van der Waals surface area contributed by atoms with Gasteiger partial charge in [-0.3, -0.25) is 0 Å². The number of hydrogen-bond donors (Lipinski definition) is 3. The van der Waals surface area contributed by atoms with Crippen molar-refractivity contribution < 1.29 is 15.0 Å². The van der Waals surface area contributed by atoms with Crippen molar-refractivity contribution in [3.8, 4) is 0 Å². The molecule has 0 saturated heterocycles. The Balaban J connectivity index is 3.55. The number of aryl methyl sites for hydroxylation is 1. The minimum Gasteiger partial charge on any atom is -0.478 e. The Hall–Kier alpha value is -1.33. The second-order valence-electron chi connectivity index (χ2n) is 2.72. The third-order valence-corrected chi connectivity index (χ3v) is 2.13. The third-order valence-electron chi connectivity index (χ3n) is 1.86. The zero-order chi connectivity index (χ0) is 10.9. The zero-order valence-corrected chi connectivity index (χ0v) is 8.17. The van der Waals surface area contributed by atoms with Gasteiger partial charge in [0, 0.05) is 5.56 Å². The average Bonchev–Trinajstić information content (AvgIpc) is 2.09. The first kappa shape index (κ1) is 10.7. The molecule has 0 radical (unpaired) electrons. The van der Waals surface area contributed by atoms with Crippen LogP contribution < -0.4 is 5.73 Å². The standard InChI is InChI=1S/C8H9ClN2O3/c1-3-6(10)4(2-12)5(8(13)14)7(9)11-3/h12H,2,10H2,1H3,(H,13,14). The summed E-state index contributed by atoms with van der Waals surface area (Å²) < 4.78 is 0. The minimum atomic E-state index is -1.25. The van der Waals surface area contributed by atoms with Crippen molar-refractivity contribution in [1.82, 2.24) is 4.98 Å². The van der Waals surface area contributed by atoms with Crippen LogP contribution in [0, 0.1) is 6.92 Å². The maximum atomic E-state index is 10.8. The van der Waals surface area contributed by atoms with E-state index in [2.05, 4.69) is 4.98 Å². The number of anilines is 1. The van der Waals surface area contributed by atoms with Gasteiger partial charge in [-0.05, 0) is 6.92 Å². The molecular formula is C8H9ClN2O3. The first-order chi connectivity index (χ1) is 6.49. The van der Waals surface area contributed by atoms with Crippen molar-refractivity contribution >= 4 is 23.3 Å². The van der Waals surface area contributed by atoms with E-state index < -0.39 is 12.6 Å². The average molecular weight is 217 g/mol. The highest BCUT2D eigenvalue weighted by atomic mass is 35.5. The lowest BCUT2D eigenvalue weighted by atomic mass is 10.1. The predicted molar refractivity (Wildman–Crippen MR) is 51.3 cm³/mol. The maximum absolute atomic E-state index is 10.8. The summed E-state index contributed by atoms with van der Waals surface area (Å²) in [6.45, 7) is 1.11. The van der Waals surface area contributed by atoms with Gasteiger partial charge in [-0.1, -0.05) is 11.6 Å². The molecule has 0 bridgehead atoms. The molecule has 0 aliphatic carbocycles. The van der Waals surface area contributed by atoms with E-state index >= 15 is 0 Å². The van der Waals surface area contributed by atoms with E-state index in [1.165, 1.54) is 0 Å². The number of carboxylic acid groups (broad SMARTS) is 1. The Morgan fingerprint density at radius 2 is 2.21 bits per heavy atom. The molecule has 5 nitrogen and oxygen atoms in total. The van der Waals surface area contributed by atoms with Crippen molar-refractivity contribution in [2.45, 2.75) is 13.5 Å². The number of nitrogen functional groups attached to an aromatic ring is 1. The van der Waals surface area contributed by atoms with E-state index in [1.54, 1.807) is 6.92 Å². The number of nitrogens with two attached hydrogens (primary N) is 1. The van der Waals surface area contributed by atoms with Gasteiger partial charge in [0.15, 0.2) is 0 Å². The van der Waals surface area contributed by atoms with Crippen molar-refractivity contribution in [3.63, 3.8) is 0 Å². The molecule has 0 aliphatic rings. The van der Waals surface area contributed by atoms with E-state index in [4.69, 9.17) is 27.5 Å². The molecule has 1 heterocycles. The monoisotopic (exact) mass is 216 g/mol. The van der Waals surface area contributed by atoms with E-state index in [0.717, 1.165) is 0 Å². The smallest absolute Gasteiger partial charge is 0.339 e. The first-order valence-electron chi connectivity index (χ1n) is 3.77. The largest absolute Gasteiger partial charge is 0.478 e. The molecule has 76 valence electrons. The summed E-state index contributed by atoms with van der Waals surface area (Å²) in [6, 6.07) is 0. The van der Waals surface area contributed by atoms with Crippen LogP contribution in [0.15, 0.2) is 0 Å². The number of halogens is 1. The molecule has 0 aliphatic heterocycles. The normalized spacial score (nSPS) is 10.2. The molecule has 0 unspecified atom stereocenters. The fourth-order valence-corrected chi connectivity index (χ4v) is 1.44. The molecule has 0 fully saturated rings. The van der Waals surface area contributed by atoms with Gasteiger partial charge in [-0.25, -0.2) is 9.78 Å². The van der Waals surface area contributed by atoms with E-state index in [-0.39, 0.29) is 22.0 Å². The Morgan fingerprint density at radius 3 is 2.64 bits per heavy atom. The summed E-state index contributed by atoms with van der Waals surface area (Å²) in [4.78, 5) is 14.5. The van der Waals surface area contributed by atoms with E-state index in [1.807, 2.05) is 0 Å². The summed E-state index contributed by atoms with van der Waals surface area (Å²) in [7, 11) is 0. The van der Waals surface area contributed by atoms with Crippen molar-refractivity contribution in [2.24, 2.45) is 0 Å². The predicted octanol–water partition coefficient (Wildman–Crippen LogP) is 0.816. The molecule has 1 aromatic heterocycles. The van der Waals surface area contributed by atoms with Crippen LogP contribution in [-0.4, -0.2) is 21.2 Å². The fourth-order valence-electron chi connectivity index (χ4n) is 1.12. The van der Waals surface area contributed by atoms with Gasteiger partial charge >= 0.3 is 5.97 Å². The van der Waals surface area contributed by atoms with Gasteiger partial charge in [-0.2, -0.15) is 0 Å². The summed E-state index contributed by atoms with van der Waals surface area (Å²) in [5.41, 5.74) is 5.99. The number of aromatic carboxylic acids is 1. The second-order valence-corrected chi connectivity index (χ2v) is 3.08. The van der Waals surface area contributed by atoms with Crippen LogP contribution in [0.4, 0.5) is 5.69 Å². The highest BCUT2D eigenvalue weighted by molar-refractivity contribution is 6.32. The molecule has 14 heavy (non-hydrogen) atoms. The number of hydrogen-bond acceptors (Lipinski definition) is 4. The molecule has 0 aromatic carbocycles. The number of rotatable bonds is 2. The van der Waals surface area contributed by atoms with Gasteiger partial charge < -0.3 is 15.9 Å². The SMILES string of the molecule is Cc1nc(Cl)c(C(=O)O)c(CO)c1N. The van der Waals surface area contributed by atoms with Gasteiger partial charge in [0.25, 0.3) is 0 Å². The number of nitrogens with zero attached hydrogens (tertiary/aromatic N) is 1. The van der Waals surface area contributed by atoms with Gasteiger partial charge in [0.2, 0.25) is 0 Å². The Kier molecular flexibility index (Phi) is 2.93. The van der Waals surface area contributed by atoms with Crippen LogP contribution in [0.5, 0.6) is 0 Å². The van der Waals surface area contributed by atoms with Crippen molar-refractivity contribution in [3.05, 3.63) is 22.0 Å². The number of carboxylic acids is 1. The second kappa shape index (κ2) is 3.81. The lowest BCUT2D eigenvalue weighted by molar-refractivity contribution is 0.0693.